The van der Waals surface area contributed by atoms with E-state index in [9.17, 15) is 8.42 Å². The van der Waals surface area contributed by atoms with Crippen LogP contribution in [0.25, 0.3) is 0 Å². The van der Waals surface area contributed by atoms with E-state index in [1.807, 2.05) is 0 Å². The van der Waals surface area contributed by atoms with E-state index in [0.717, 1.165) is 32.6 Å². The van der Waals surface area contributed by atoms with Crippen LogP contribution >= 0.6 is 11.6 Å². The Labute approximate surface area is 137 Å². The first kappa shape index (κ1) is 16.2. The molecular formula is C15H22ClN3O2S. The number of sulfonamides is 1. The summed E-state index contributed by atoms with van der Waals surface area (Å²) in [6, 6.07) is 5.30. The van der Waals surface area contributed by atoms with Gasteiger partial charge in [-0.25, -0.2) is 8.42 Å². The number of aryl methyl sites for hydroxylation is 1. The molecule has 1 aromatic carbocycles. The number of benzene rings is 1. The predicted molar refractivity (Wildman–Crippen MR) is 87.8 cm³/mol. The van der Waals surface area contributed by atoms with E-state index < -0.39 is 10.0 Å². The zero-order valence-electron chi connectivity index (χ0n) is 12.8. The zero-order chi connectivity index (χ0) is 15.7. The molecule has 0 radical (unpaired) electrons. The largest absolute Gasteiger partial charge is 0.314 e. The minimum absolute atomic E-state index is 0.337. The maximum absolute atomic E-state index is 12.8. The van der Waals surface area contributed by atoms with Gasteiger partial charge in [0.2, 0.25) is 10.0 Å². The highest BCUT2D eigenvalue weighted by Crippen LogP contribution is 2.27. The summed E-state index contributed by atoms with van der Waals surface area (Å²) in [5.41, 5.74) is 0.707. The topological polar surface area (TPSA) is 52.7 Å². The smallest absolute Gasteiger partial charge is 0.243 e. The van der Waals surface area contributed by atoms with E-state index in [1.165, 1.54) is 0 Å². The maximum Gasteiger partial charge on any atom is 0.243 e. The van der Waals surface area contributed by atoms with Crippen LogP contribution in [0.15, 0.2) is 23.1 Å². The van der Waals surface area contributed by atoms with Gasteiger partial charge in [-0.1, -0.05) is 11.6 Å². The van der Waals surface area contributed by atoms with E-state index in [2.05, 4.69) is 10.2 Å². The molecule has 0 aromatic heterocycles. The Kier molecular flexibility index (Phi) is 4.75. The van der Waals surface area contributed by atoms with Crippen LogP contribution < -0.4 is 5.32 Å². The van der Waals surface area contributed by atoms with Gasteiger partial charge in [-0.2, -0.15) is 4.31 Å². The number of hydrogen-bond acceptors (Lipinski definition) is 4. The first-order chi connectivity index (χ1) is 10.5. The monoisotopic (exact) mass is 343 g/mol. The van der Waals surface area contributed by atoms with Gasteiger partial charge in [-0.3, -0.25) is 4.90 Å². The summed E-state index contributed by atoms with van der Waals surface area (Å²) in [5, 5.41) is 3.90. The third-order valence-corrected chi connectivity index (χ3v) is 6.81. The van der Waals surface area contributed by atoms with Crippen molar-refractivity contribution >= 4 is 21.6 Å². The summed E-state index contributed by atoms with van der Waals surface area (Å²) in [6.07, 6.45) is 0.909. The lowest BCUT2D eigenvalue weighted by molar-refractivity contribution is 0.179. The van der Waals surface area contributed by atoms with Gasteiger partial charge in [-0.05, 0) is 37.1 Å². The molecule has 2 saturated heterocycles. The molecule has 0 amide bonds. The summed E-state index contributed by atoms with van der Waals surface area (Å²) in [5.74, 6) is 0. The average Bonchev–Trinajstić information content (AvgIpc) is 2.98. The maximum atomic E-state index is 12.8. The van der Waals surface area contributed by atoms with Crippen molar-refractivity contribution in [1.82, 2.24) is 14.5 Å². The van der Waals surface area contributed by atoms with Crippen LogP contribution in [0.3, 0.4) is 0 Å². The summed E-state index contributed by atoms with van der Waals surface area (Å²) in [7, 11) is -3.43. The molecule has 2 fully saturated rings. The number of hydrogen-bond donors (Lipinski definition) is 1. The lowest BCUT2D eigenvalue weighted by Gasteiger charge is -2.32. The molecular weight excluding hydrogens is 322 g/mol. The Morgan fingerprint density at radius 3 is 2.64 bits per heavy atom. The van der Waals surface area contributed by atoms with Crippen molar-refractivity contribution < 1.29 is 8.42 Å². The molecule has 1 N–H and O–H groups in total. The van der Waals surface area contributed by atoms with Gasteiger partial charge in [0.1, 0.15) is 0 Å². The highest BCUT2D eigenvalue weighted by atomic mass is 35.5. The predicted octanol–water partition coefficient (Wildman–Crippen LogP) is 1.32. The third-order valence-electron chi connectivity index (χ3n) is 4.55. The van der Waals surface area contributed by atoms with Crippen LogP contribution in [0.1, 0.15) is 12.0 Å². The molecule has 3 rings (SSSR count). The molecule has 0 bridgehead atoms. The van der Waals surface area contributed by atoms with Crippen molar-refractivity contribution in [3.8, 4) is 0 Å². The minimum atomic E-state index is -3.43. The minimum Gasteiger partial charge on any atom is -0.314 e. The fraction of sp³-hybridized carbons (Fsp3) is 0.600. The summed E-state index contributed by atoms with van der Waals surface area (Å²) in [4.78, 5) is 2.78. The van der Waals surface area contributed by atoms with E-state index in [-0.39, 0.29) is 0 Å². The lowest BCUT2D eigenvalue weighted by atomic mass is 10.2. The van der Waals surface area contributed by atoms with Crippen molar-refractivity contribution in [1.29, 1.82) is 0 Å². The Morgan fingerprint density at radius 1 is 1.23 bits per heavy atom. The molecule has 2 aliphatic rings. The van der Waals surface area contributed by atoms with Crippen LogP contribution in [-0.2, 0) is 10.0 Å². The molecule has 22 heavy (non-hydrogen) atoms. The van der Waals surface area contributed by atoms with Gasteiger partial charge in [-0.15, -0.1) is 0 Å². The Balaban J connectivity index is 1.76. The van der Waals surface area contributed by atoms with Crippen LogP contribution in [0.5, 0.6) is 0 Å². The van der Waals surface area contributed by atoms with Gasteiger partial charge in [0.25, 0.3) is 0 Å². The van der Waals surface area contributed by atoms with Crippen LogP contribution in [0, 0.1) is 6.92 Å². The second kappa shape index (κ2) is 6.45. The molecule has 0 spiro atoms. The number of nitrogens with one attached hydrogen (secondary N) is 1. The van der Waals surface area contributed by atoms with Gasteiger partial charge in [0.05, 0.1) is 4.90 Å². The molecule has 1 unspecified atom stereocenters. The van der Waals surface area contributed by atoms with Crippen LogP contribution in [0.4, 0.5) is 0 Å². The van der Waals surface area contributed by atoms with Crippen molar-refractivity contribution in [3.05, 3.63) is 28.8 Å². The molecule has 2 aliphatic heterocycles. The second-order valence-electron chi connectivity index (χ2n) is 6.00. The Hall–Kier alpha value is -0.660. The Bertz CT molecular complexity index is 644. The van der Waals surface area contributed by atoms with E-state index >= 15 is 0 Å². The van der Waals surface area contributed by atoms with Crippen molar-refractivity contribution in [2.24, 2.45) is 0 Å². The fourth-order valence-electron chi connectivity index (χ4n) is 3.32. The van der Waals surface area contributed by atoms with Crippen molar-refractivity contribution in [3.63, 3.8) is 0 Å². The number of nitrogens with zero attached hydrogens (tertiary/aromatic N) is 2. The van der Waals surface area contributed by atoms with Crippen LogP contribution in [0.2, 0.25) is 5.02 Å². The third kappa shape index (κ3) is 3.16. The molecule has 122 valence electrons. The summed E-state index contributed by atoms with van der Waals surface area (Å²) >= 11 is 5.93. The number of halogens is 1. The van der Waals surface area contributed by atoms with Crippen molar-refractivity contribution in [2.75, 3.05) is 39.3 Å². The lowest BCUT2D eigenvalue weighted by Crippen LogP contribution is -2.49. The van der Waals surface area contributed by atoms with Gasteiger partial charge < -0.3 is 5.32 Å². The van der Waals surface area contributed by atoms with Gasteiger partial charge in [0, 0.05) is 50.3 Å². The number of piperazine rings is 1. The average molecular weight is 344 g/mol. The van der Waals surface area contributed by atoms with Crippen molar-refractivity contribution in [2.45, 2.75) is 24.3 Å². The van der Waals surface area contributed by atoms with Gasteiger partial charge in [0.15, 0.2) is 0 Å². The van der Waals surface area contributed by atoms with Gasteiger partial charge >= 0.3 is 0 Å². The van der Waals surface area contributed by atoms with E-state index in [4.69, 9.17) is 11.6 Å². The van der Waals surface area contributed by atoms with E-state index in [0.29, 0.717) is 34.6 Å². The second-order valence-corrected chi connectivity index (χ2v) is 8.34. The first-order valence-electron chi connectivity index (χ1n) is 7.69. The van der Waals surface area contributed by atoms with E-state index in [1.54, 1.807) is 29.4 Å². The fourth-order valence-corrected chi connectivity index (χ4v) is 5.24. The van der Waals surface area contributed by atoms with Crippen LogP contribution in [-0.4, -0.2) is 62.9 Å². The molecule has 1 aromatic rings. The first-order valence-corrected chi connectivity index (χ1v) is 9.51. The molecule has 1 atom stereocenters. The quantitative estimate of drug-likeness (QED) is 0.899. The Morgan fingerprint density at radius 2 is 1.95 bits per heavy atom. The SMILES string of the molecule is Cc1cc(Cl)ccc1S(=O)(=O)N1CCC(N2CCNCC2)C1. The standard InChI is InChI=1S/C15H22ClN3O2S/c1-12-10-13(16)2-3-15(12)22(20,21)19-7-4-14(11-19)18-8-5-17-6-9-18/h2-3,10,14,17H,4-9,11H2,1H3. The molecule has 0 saturated carbocycles. The number of rotatable bonds is 3. The highest BCUT2D eigenvalue weighted by Gasteiger charge is 2.36. The highest BCUT2D eigenvalue weighted by molar-refractivity contribution is 7.89. The molecule has 0 aliphatic carbocycles. The molecule has 5 nitrogen and oxygen atoms in total. The molecule has 2 heterocycles. The normalized spacial score (nSPS) is 24.7. The summed E-state index contributed by atoms with van der Waals surface area (Å²) < 4.78 is 27.3. The zero-order valence-corrected chi connectivity index (χ0v) is 14.3. The molecule has 7 heteroatoms. The summed E-state index contributed by atoms with van der Waals surface area (Å²) in [6.45, 7) is 6.95.